The molecule has 0 spiro atoms. The number of likely N-dealkylation sites (tertiary alicyclic amines) is 1. The molecule has 1 aliphatic heterocycles. The van der Waals surface area contributed by atoms with Crippen molar-refractivity contribution in [2.75, 3.05) is 26.2 Å². The molecule has 0 saturated carbocycles. The van der Waals surface area contributed by atoms with Gasteiger partial charge in [0.25, 0.3) is 0 Å². The molecule has 1 aliphatic rings. The number of nitrogens with one attached hydrogen (secondary N) is 2. The van der Waals surface area contributed by atoms with Crippen molar-refractivity contribution in [1.29, 1.82) is 0 Å². The predicted molar refractivity (Wildman–Crippen MR) is 94.7 cm³/mol. The van der Waals surface area contributed by atoms with E-state index < -0.39 is 10.0 Å². The summed E-state index contributed by atoms with van der Waals surface area (Å²) in [6.45, 7) is 14.0. The Bertz CT molecular complexity index is 646. The van der Waals surface area contributed by atoms with Gasteiger partial charge in [-0.15, -0.1) is 0 Å². The minimum absolute atomic E-state index is 0.478. The summed E-state index contributed by atoms with van der Waals surface area (Å²) in [7, 11) is -3.44. The molecule has 5 heteroatoms. The average molecular weight is 340 g/mol. The van der Waals surface area contributed by atoms with E-state index in [1.54, 1.807) is 4.90 Å². The van der Waals surface area contributed by atoms with Crippen molar-refractivity contribution in [1.82, 2.24) is 4.72 Å². The molecule has 1 fully saturated rings. The van der Waals surface area contributed by atoms with E-state index in [1.165, 1.54) is 31.5 Å². The van der Waals surface area contributed by atoms with E-state index in [0.29, 0.717) is 11.4 Å². The Labute approximate surface area is 141 Å². The highest BCUT2D eigenvalue weighted by atomic mass is 32.2. The maximum atomic E-state index is 12.8. The number of hydrogen-bond donors (Lipinski definition) is 2. The monoisotopic (exact) mass is 339 g/mol. The lowest BCUT2D eigenvalue weighted by Gasteiger charge is -2.19. The minimum Gasteiger partial charge on any atom is -0.335 e. The molecule has 23 heavy (non-hydrogen) atoms. The minimum atomic E-state index is -3.44. The van der Waals surface area contributed by atoms with Crippen molar-refractivity contribution in [3.63, 3.8) is 0 Å². The lowest BCUT2D eigenvalue weighted by atomic mass is 9.95. The maximum absolute atomic E-state index is 12.8. The highest BCUT2D eigenvalue weighted by molar-refractivity contribution is 7.89. The fraction of sp³-hybridized carbons (Fsp3) is 0.667. The van der Waals surface area contributed by atoms with Crippen LogP contribution in [0.3, 0.4) is 0 Å². The Kier molecular flexibility index (Phi) is 5.87. The fourth-order valence-electron chi connectivity index (χ4n) is 3.61. The molecule has 130 valence electrons. The van der Waals surface area contributed by atoms with Crippen LogP contribution in [0.1, 0.15) is 47.1 Å². The lowest BCUT2D eigenvalue weighted by Crippen LogP contribution is -3.10. The summed E-state index contributed by atoms with van der Waals surface area (Å²) in [6.07, 6.45) is 3.51. The molecule has 0 radical (unpaired) electrons. The molecule has 1 aromatic rings. The van der Waals surface area contributed by atoms with Gasteiger partial charge in [0.05, 0.1) is 24.5 Å². The molecule has 1 aromatic carbocycles. The first-order valence-electron chi connectivity index (χ1n) is 8.66. The third kappa shape index (κ3) is 3.95. The molecule has 0 atom stereocenters. The van der Waals surface area contributed by atoms with Crippen molar-refractivity contribution in [2.24, 2.45) is 0 Å². The van der Waals surface area contributed by atoms with Crippen molar-refractivity contribution in [2.45, 2.75) is 58.8 Å². The van der Waals surface area contributed by atoms with Gasteiger partial charge in [-0.1, -0.05) is 0 Å². The smallest absolute Gasteiger partial charge is 0.241 e. The van der Waals surface area contributed by atoms with Crippen LogP contribution >= 0.6 is 0 Å². The van der Waals surface area contributed by atoms with Gasteiger partial charge in [0.1, 0.15) is 0 Å². The third-order valence-electron chi connectivity index (χ3n) is 5.51. The van der Waals surface area contributed by atoms with E-state index >= 15 is 0 Å². The van der Waals surface area contributed by atoms with E-state index in [-0.39, 0.29) is 0 Å². The van der Waals surface area contributed by atoms with E-state index in [2.05, 4.69) is 11.6 Å². The molecule has 1 heterocycles. The van der Waals surface area contributed by atoms with Gasteiger partial charge in [0.15, 0.2) is 0 Å². The van der Waals surface area contributed by atoms with Gasteiger partial charge in [0.2, 0.25) is 10.0 Å². The fourth-order valence-corrected chi connectivity index (χ4v) is 5.28. The number of rotatable bonds is 6. The van der Waals surface area contributed by atoms with Gasteiger partial charge in [-0.3, -0.25) is 0 Å². The van der Waals surface area contributed by atoms with Crippen LogP contribution in [-0.4, -0.2) is 34.6 Å². The second kappa shape index (κ2) is 7.32. The quantitative estimate of drug-likeness (QED) is 0.773. The van der Waals surface area contributed by atoms with Crippen LogP contribution in [0.25, 0.3) is 0 Å². The van der Waals surface area contributed by atoms with Gasteiger partial charge in [-0.2, -0.15) is 0 Å². The van der Waals surface area contributed by atoms with Gasteiger partial charge >= 0.3 is 0 Å². The average Bonchev–Trinajstić information content (AvgIpc) is 3.01. The normalized spacial score (nSPS) is 16.2. The Morgan fingerprint density at radius 1 is 0.870 bits per heavy atom. The lowest BCUT2D eigenvalue weighted by molar-refractivity contribution is -0.887. The summed E-state index contributed by atoms with van der Waals surface area (Å²) in [5.74, 6) is 0. The van der Waals surface area contributed by atoms with Crippen molar-refractivity contribution < 1.29 is 13.3 Å². The molecular formula is C18H31N2O2S+. The Hall–Kier alpha value is -0.910. The Morgan fingerprint density at radius 3 is 1.87 bits per heavy atom. The standard InChI is InChI=1S/C18H30N2O2S/c1-13-14(2)16(4)18(17(5)15(13)3)23(21,22)19-9-8-12-20-10-6-7-11-20/h19H,6-12H2,1-5H3/p+1. The van der Waals surface area contributed by atoms with Crippen LogP contribution < -0.4 is 9.62 Å². The SMILES string of the molecule is Cc1c(C)c(C)c(S(=O)(=O)NCCC[NH+]2CCCC2)c(C)c1C. The van der Waals surface area contributed by atoms with Crippen LogP contribution in [-0.2, 0) is 10.0 Å². The molecular weight excluding hydrogens is 308 g/mol. The zero-order valence-electron chi connectivity index (χ0n) is 15.2. The second-order valence-corrected chi connectivity index (χ2v) is 8.62. The van der Waals surface area contributed by atoms with Crippen LogP contribution in [0.15, 0.2) is 4.90 Å². The molecule has 2 N–H and O–H groups in total. The third-order valence-corrected chi connectivity index (χ3v) is 7.24. The first-order chi connectivity index (χ1) is 10.8. The molecule has 0 aliphatic carbocycles. The summed E-state index contributed by atoms with van der Waals surface area (Å²) >= 11 is 0. The largest absolute Gasteiger partial charge is 0.335 e. The van der Waals surface area contributed by atoms with Crippen LogP contribution in [0.5, 0.6) is 0 Å². The number of benzene rings is 1. The second-order valence-electron chi connectivity index (χ2n) is 6.91. The van der Waals surface area contributed by atoms with Crippen molar-refractivity contribution >= 4 is 10.0 Å². The van der Waals surface area contributed by atoms with Gasteiger partial charge in [0, 0.05) is 25.8 Å². The molecule has 0 aromatic heterocycles. The van der Waals surface area contributed by atoms with E-state index in [0.717, 1.165) is 35.2 Å². The summed E-state index contributed by atoms with van der Waals surface area (Å²) < 4.78 is 28.3. The molecule has 0 bridgehead atoms. The summed E-state index contributed by atoms with van der Waals surface area (Å²) in [4.78, 5) is 2.09. The van der Waals surface area contributed by atoms with E-state index in [1.807, 2.05) is 27.7 Å². The topological polar surface area (TPSA) is 50.6 Å². The van der Waals surface area contributed by atoms with Crippen molar-refractivity contribution in [3.8, 4) is 0 Å². The number of sulfonamides is 1. The summed E-state index contributed by atoms with van der Waals surface area (Å²) in [5.41, 5.74) is 5.10. The molecule has 1 saturated heterocycles. The first-order valence-corrected chi connectivity index (χ1v) is 10.1. The molecule has 4 nitrogen and oxygen atoms in total. The zero-order valence-corrected chi connectivity index (χ0v) is 16.0. The zero-order chi connectivity index (χ0) is 17.2. The van der Waals surface area contributed by atoms with Gasteiger partial charge in [-0.25, -0.2) is 13.1 Å². The van der Waals surface area contributed by atoms with Gasteiger partial charge < -0.3 is 4.90 Å². The Balaban J connectivity index is 2.10. The summed E-state index contributed by atoms with van der Waals surface area (Å²) in [6, 6.07) is 0. The van der Waals surface area contributed by atoms with Crippen LogP contribution in [0.2, 0.25) is 0 Å². The van der Waals surface area contributed by atoms with Crippen molar-refractivity contribution in [3.05, 3.63) is 27.8 Å². The first kappa shape index (κ1) is 18.4. The number of hydrogen-bond acceptors (Lipinski definition) is 2. The highest BCUT2D eigenvalue weighted by Crippen LogP contribution is 2.29. The predicted octanol–water partition coefficient (Wildman–Crippen LogP) is 1.58. The summed E-state index contributed by atoms with van der Waals surface area (Å²) in [5, 5.41) is 0. The molecule has 0 unspecified atom stereocenters. The van der Waals surface area contributed by atoms with E-state index in [9.17, 15) is 8.42 Å². The highest BCUT2D eigenvalue weighted by Gasteiger charge is 2.23. The van der Waals surface area contributed by atoms with Gasteiger partial charge in [-0.05, 0) is 62.4 Å². The number of quaternary nitrogens is 1. The van der Waals surface area contributed by atoms with Crippen LogP contribution in [0.4, 0.5) is 0 Å². The maximum Gasteiger partial charge on any atom is 0.241 e. The molecule has 0 amide bonds. The van der Waals surface area contributed by atoms with Crippen LogP contribution in [0, 0.1) is 34.6 Å². The van der Waals surface area contributed by atoms with E-state index in [4.69, 9.17) is 0 Å². The molecule has 2 rings (SSSR count). The Morgan fingerprint density at radius 2 is 1.35 bits per heavy atom.